The van der Waals surface area contributed by atoms with E-state index in [4.69, 9.17) is 11.6 Å². The van der Waals surface area contributed by atoms with E-state index in [1.165, 1.54) is 173 Å². The van der Waals surface area contributed by atoms with Gasteiger partial charge in [-0.1, -0.05) is 13.3 Å². The molecule has 0 amide bonds. The van der Waals surface area contributed by atoms with Crippen molar-refractivity contribution in [3.05, 3.63) is 0 Å². The first-order valence-electron chi connectivity index (χ1n) is 16.3. The standard InChI is InChI=1S/C32H68ClP/c1-5-9-13-17-18-19-20-21-22-23-24-28-32(33)34(29-25-14-10-6-2,30-26-15-11-7-3)31-27-16-12-8-4/h32,34H,5-31H2,1-4H3. The molecule has 0 saturated heterocycles. The Bertz CT molecular complexity index is 352. The third-order valence-corrected chi connectivity index (χ3v) is 15.6. The Morgan fingerprint density at radius 2 is 0.647 bits per heavy atom. The van der Waals surface area contributed by atoms with Gasteiger partial charge in [-0.2, -0.15) is 0 Å². The van der Waals surface area contributed by atoms with Crippen molar-refractivity contribution in [3.8, 4) is 0 Å². The first kappa shape index (κ1) is 34.7. The second-order valence-electron chi connectivity index (χ2n) is 11.6. The van der Waals surface area contributed by atoms with Crippen LogP contribution in [0.15, 0.2) is 0 Å². The Morgan fingerprint density at radius 3 is 0.971 bits per heavy atom. The number of rotatable bonds is 28. The minimum atomic E-state index is -1.38. The SMILES string of the molecule is CCCCCCCCCCCCCC(Cl)[PH](CCCCCC)(CCCCCC)CCCCCC. The van der Waals surface area contributed by atoms with Gasteiger partial charge in [0.2, 0.25) is 0 Å². The summed E-state index contributed by atoms with van der Waals surface area (Å²) in [6, 6.07) is 0. The summed E-state index contributed by atoms with van der Waals surface area (Å²) in [4.78, 5) is 0. The molecule has 0 nitrogen and oxygen atoms in total. The van der Waals surface area contributed by atoms with Gasteiger partial charge in [0.25, 0.3) is 0 Å². The molecule has 0 rings (SSSR count). The van der Waals surface area contributed by atoms with Gasteiger partial charge in [0, 0.05) is 0 Å². The van der Waals surface area contributed by atoms with Crippen LogP contribution in [0.1, 0.15) is 182 Å². The summed E-state index contributed by atoms with van der Waals surface area (Å²) < 4.78 is 0. The van der Waals surface area contributed by atoms with Crippen LogP contribution in [0.2, 0.25) is 0 Å². The van der Waals surface area contributed by atoms with E-state index in [-0.39, 0.29) is 0 Å². The van der Waals surface area contributed by atoms with Gasteiger partial charge in [0.15, 0.2) is 0 Å². The first-order chi connectivity index (χ1) is 16.7. The molecule has 0 aromatic heterocycles. The van der Waals surface area contributed by atoms with E-state index >= 15 is 0 Å². The Labute approximate surface area is 223 Å². The van der Waals surface area contributed by atoms with Crippen LogP contribution < -0.4 is 0 Å². The van der Waals surface area contributed by atoms with Crippen molar-refractivity contribution in [1.29, 1.82) is 0 Å². The number of unbranched alkanes of at least 4 members (excludes halogenated alkanes) is 19. The molecular formula is C32H68ClP. The van der Waals surface area contributed by atoms with Crippen molar-refractivity contribution in [1.82, 2.24) is 0 Å². The summed E-state index contributed by atoms with van der Waals surface area (Å²) >= 11 is 7.43. The first-order valence-corrected chi connectivity index (χ1v) is 19.4. The summed E-state index contributed by atoms with van der Waals surface area (Å²) in [5, 5.41) is 0.538. The van der Waals surface area contributed by atoms with E-state index in [1.54, 1.807) is 0 Å². The average Bonchev–Trinajstić information content (AvgIpc) is 2.85. The molecule has 1 atom stereocenters. The van der Waals surface area contributed by atoms with E-state index in [9.17, 15) is 0 Å². The normalized spacial score (nSPS) is 13.4. The molecule has 1 unspecified atom stereocenters. The van der Waals surface area contributed by atoms with E-state index in [0.29, 0.717) is 5.12 Å². The van der Waals surface area contributed by atoms with Crippen molar-refractivity contribution >= 4 is 18.9 Å². The summed E-state index contributed by atoms with van der Waals surface area (Å²) in [5.41, 5.74) is 0. The fraction of sp³-hybridized carbons (Fsp3) is 1.00. The Hall–Kier alpha value is 0.720. The molecule has 0 aromatic rings. The monoisotopic (exact) mass is 518 g/mol. The van der Waals surface area contributed by atoms with E-state index in [0.717, 1.165) is 0 Å². The quantitative estimate of drug-likeness (QED) is 0.0548. The molecule has 208 valence electrons. The topological polar surface area (TPSA) is 0 Å². The van der Waals surface area contributed by atoms with Gasteiger partial charge < -0.3 is 0 Å². The van der Waals surface area contributed by atoms with Gasteiger partial charge in [0.1, 0.15) is 0 Å². The van der Waals surface area contributed by atoms with Gasteiger partial charge in [-0.25, -0.2) is 0 Å². The van der Waals surface area contributed by atoms with Crippen LogP contribution in [0, 0.1) is 0 Å². The third-order valence-electron chi connectivity index (χ3n) is 8.31. The molecule has 34 heavy (non-hydrogen) atoms. The second-order valence-corrected chi connectivity index (χ2v) is 17.4. The number of alkyl halides is 1. The zero-order valence-corrected chi connectivity index (χ0v) is 26.3. The zero-order chi connectivity index (χ0) is 25.2. The molecule has 2 heteroatoms. The predicted molar refractivity (Wildman–Crippen MR) is 166 cm³/mol. The average molecular weight is 519 g/mol. The molecule has 0 aliphatic carbocycles. The summed E-state index contributed by atoms with van der Waals surface area (Å²) in [5.74, 6) is 0. The maximum absolute atomic E-state index is 7.43. The number of hydrogen-bond donors (Lipinski definition) is 0. The van der Waals surface area contributed by atoms with Gasteiger partial charge in [-0.05, 0) is 0 Å². The van der Waals surface area contributed by atoms with Crippen LogP contribution in [0.4, 0.5) is 0 Å². The molecule has 0 bridgehead atoms. The van der Waals surface area contributed by atoms with Crippen LogP contribution >= 0.6 is 18.9 Å². The summed E-state index contributed by atoms with van der Waals surface area (Å²) in [6.07, 6.45) is 38.7. The van der Waals surface area contributed by atoms with Gasteiger partial charge >= 0.3 is 211 Å². The van der Waals surface area contributed by atoms with E-state index in [2.05, 4.69) is 27.7 Å². The fourth-order valence-corrected chi connectivity index (χ4v) is 12.4. The molecular weight excluding hydrogens is 451 g/mol. The molecule has 0 fully saturated rings. The molecule has 0 aliphatic heterocycles. The molecule has 0 aliphatic rings. The van der Waals surface area contributed by atoms with Crippen LogP contribution in [0.25, 0.3) is 0 Å². The zero-order valence-electron chi connectivity index (χ0n) is 24.5. The molecule has 0 spiro atoms. The molecule has 0 radical (unpaired) electrons. The summed E-state index contributed by atoms with van der Waals surface area (Å²) in [7, 11) is -1.38. The van der Waals surface area contributed by atoms with Gasteiger partial charge in [-0.3, -0.25) is 0 Å². The van der Waals surface area contributed by atoms with Crippen molar-refractivity contribution in [3.63, 3.8) is 0 Å². The van der Waals surface area contributed by atoms with Crippen molar-refractivity contribution in [2.45, 2.75) is 187 Å². The van der Waals surface area contributed by atoms with E-state index < -0.39 is 7.26 Å². The van der Waals surface area contributed by atoms with Gasteiger partial charge in [0.05, 0.1) is 0 Å². The van der Waals surface area contributed by atoms with E-state index in [1.807, 2.05) is 0 Å². The molecule has 0 N–H and O–H groups in total. The van der Waals surface area contributed by atoms with Crippen molar-refractivity contribution in [2.75, 3.05) is 18.5 Å². The Morgan fingerprint density at radius 1 is 0.382 bits per heavy atom. The minimum absolute atomic E-state index is 0.538. The second kappa shape index (κ2) is 26.8. The van der Waals surface area contributed by atoms with Crippen molar-refractivity contribution in [2.24, 2.45) is 0 Å². The molecule has 0 saturated carbocycles. The van der Waals surface area contributed by atoms with Crippen LogP contribution in [0.3, 0.4) is 0 Å². The van der Waals surface area contributed by atoms with Crippen LogP contribution in [0.5, 0.6) is 0 Å². The van der Waals surface area contributed by atoms with Crippen LogP contribution in [-0.2, 0) is 0 Å². The predicted octanol–water partition coefficient (Wildman–Crippen LogP) is 12.7. The fourth-order valence-electron chi connectivity index (χ4n) is 5.85. The van der Waals surface area contributed by atoms with Gasteiger partial charge in [-0.15, -0.1) is 0 Å². The van der Waals surface area contributed by atoms with Crippen molar-refractivity contribution < 1.29 is 0 Å². The number of halogens is 1. The third kappa shape index (κ3) is 19.9. The van der Waals surface area contributed by atoms with Crippen LogP contribution in [-0.4, -0.2) is 23.6 Å². The Kier molecular flexibility index (Phi) is 27.3. The maximum atomic E-state index is 7.43. The molecule has 0 aromatic carbocycles. The number of hydrogen-bond acceptors (Lipinski definition) is 0. The summed E-state index contributed by atoms with van der Waals surface area (Å²) in [6.45, 7) is 9.34. The molecule has 0 heterocycles. The Balaban J connectivity index is 4.56.